The van der Waals surface area contributed by atoms with Gasteiger partial charge >= 0.3 is 0 Å². The van der Waals surface area contributed by atoms with Crippen molar-refractivity contribution in [3.05, 3.63) is 27.5 Å². The van der Waals surface area contributed by atoms with Crippen molar-refractivity contribution in [3.8, 4) is 0 Å². The number of nitrogens with one attached hydrogen (secondary N) is 1. The average molecular weight is 369 g/mol. The van der Waals surface area contributed by atoms with E-state index >= 15 is 0 Å². The third kappa shape index (κ3) is 3.07. The standard InChI is InChI=1S/C15H17BrN2O2S/c16-10-4-1-5-11-12(10)13(17)14(21-11)15(19)18-7-6-9-3-2-8-20-9/h1,4-5,9H,2-3,6-8,17H2,(H,18,19). The average Bonchev–Trinajstić information content (AvgIpc) is 3.08. The van der Waals surface area contributed by atoms with Gasteiger partial charge in [0.25, 0.3) is 5.91 Å². The van der Waals surface area contributed by atoms with E-state index < -0.39 is 0 Å². The highest BCUT2D eigenvalue weighted by Gasteiger charge is 2.19. The molecule has 0 spiro atoms. The molecule has 6 heteroatoms. The summed E-state index contributed by atoms with van der Waals surface area (Å²) in [5, 5.41) is 3.87. The Balaban J connectivity index is 1.69. The van der Waals surface area contributed by atoms with Crippen LogP contribution in [0.5, 0.6) is 0 Å². The van der Waals surface area contributed by atoms with Gasteiger partial charge in [0, 0.05) is 27.7 Å². The lowest BCUT2D eigenvalue weighted by Gasteiger charge is -2.09. The molecule has 0 bridgehead atoms. The number of carbonyl (C=O) groups is 1. The van der Waals surface area contributed by atoms with Crippen molar-refractivity contribution < 1.29 is 9.53 Å². The fraction of sp³-hybridized carbons (Fsp3) is 0.400. The Hall–Kier alpha value is -1.11. The largest absolute Gasteiger partial charge is 0.397 e. The second-order valence-corrected chi connectivity index (χ2v) is 7.04. The summed E-state index contributed by atoms with van der Waals surface area (Å²) in [7, 11) is 0. The van der Waals surface area contributed by atoms with Crippen LogP contribution in [0.1, 0.15) is 28.9 Å². The van der Waals surface area contributed by atoms with Crippen molar-refractivity contribution in [1.29, 1.82) is 0 Å². The molecule has 1 aliphatic heterocycles. The van der Waals surface area contributed by atoms with Gasteiger partial charge < -0.3 is 15.8 Å². The van der Waals surface area contributed by atoms with Gasteiger partial charge in [0.2, 0.25) is 0 Å². The van der Waals surface area contributed by atoms with Crippen LogP contribution < -0.4 is 11.1 Å². The first-order chi connectivity index (χ1) is 10.2. The van der Waals surface area contributed by atoms with Crippen molar-refractivity contribution in [1.82, 2.24) is 5.32 Å². The second kappa shape index (κ2) is 6.34. The van der Waals surface area contributed by atoms with Crippen molar-refractivity contribution in [2.75, 3.05) is 18.9 Å². The van der Waals surface area contributed by atoms with E-state index in [4.69, 9.17) is 10.5 Å². The van der Waals surface area contributed by atoms with Crippen molar-refractivity contribution in [3.63, 3.8) is 0 Å². The molecule has 2 heterocycles. The molecule has 1 amide bonds. The number of benzene rings is 1. The van der Waals surface area contributed by atoms with Crippen molar-refractivity contribution in [2.24, 2.45) is 0 Å². The molecule has 3 rings (SSSR count). The zero-order valence-corrected chi connectivity index (χ0v) is 13.9. The molecule has 1 saturated heterocycles. The lowest BCUT2D eigenvalue weighted by Crippen LogP contribution is -2.26. The summed E-state index contributed by atoms with van der Waals surface area (Å²) in [5.41, 5.74) is 6.68. The van der Waals surface area contributed by atoms with E-state index in [1.54, 1.807) is 0 Å². The van der Waals surface area contributed by atoms with Crippen LogP contribution in [-0.4, -0.2) is 25.2 Å². The predicted molar refractivity (Wildman–Crippen MR) is 89.9 cm³/mol. The third-order valence-corrected chi connectivity index (χ3v) is 5.51. The highest BCUT2D eigenvalue weighted by molar-refractivity contribution is 9.10. The number of anilines is 1. The summed E-state index contributed by atoms with van der Waals surface area (Å²) in [6.07, 6.45) is 3.36. The van der Waals surface area contributed by atoms with Crippen LogP contribution in [-0.2, 0) is 4.74 Å². The monoisotopic (exact) mass is 368 g/mol. The second-order valence-electron chi connectivity index (χ2n) is 5.14. The minimum absolute atomic E-state index is 0.0985. The van der Waals surface area contributed by atoms with E-state index in [-0.39, 0.29) is 5.91 Å². The van der Waals surface area contributed by atoms with Gasteiger partial charge in [-0.1, -0.05) is 22.0 Å². The fourth-order valence-corrected chi connectivity index (χ4v) is 4.37. The summed E-state index contributed by atoms with van der Waals surface area (Å²) >= 11 is 4.92. The molecule has 112 valence electrons. The number of hydrogen-bond donors (Lipinski definition) is 2. The Morgan fingerprint density at radius 1 is 1.52 bits per heavy atom. The zero-order valence-electron chi connectivity index (χ0n) is 11.5. The number of halogens is 1. The third-order valence-electron chi connectivity index (χ3n) is 3.68. The molecule has 2 aromatic rings. The van der Waals surface area contributed by atoms with Crippen LogP contribution in [0.4, 0.5) is 5.69 Å². The molecule has 1 aliphatic rings. The molecule has 0 saturated carbocycles. The van der Waals surface area contributed by atoms with Crippen LogP contribution in [0.3, 0.4) is 0 Å². The molecule has 1 atom stereocenters. The maximum absolute atomic E-state index is 12.3. The van der Waals surface area contributed by atoms with Gasteiger partial charge in [-0.15, -0.1) is 11.3 Å². The molecule has 0 radical (unpaired) electrons. The highest BCUT2D eigenvalue weighted by Crippen LogP contribution is 2.38. The Kier molecular flexibility index (Phi) is 4.47. The maximum atomic E-state index is 12.3. The molecule has 1 fully saturated rings. The minimum atomic E-state index is -0.0985. The Bertz CT molecular complexity index is 665. The van der Waals surface area contributed by atoms with E-state index in [2.05, 4.69) is 21.2 Å². The van der Waals surface area contributed by atoms with Crippen LogP contribution >= 0.6 is 27.3 Å². The number of thiophene rings is 1. The maximum Gasteiger partial charge on any atom is 0.263 e. The summed E-state index contributed by atoms with van der Waals surface area (Å²) in [5.74, 6) is -0.0985. The molecule has 0 aliphatic carbocycles. The number of amides is 1. The van der Waals surface area contributed by atoms with Crippen LogP contribution in [0.15, 0.2) is 22.7 Å². The Labute approximate surface area is 135 Å². The fourth-order valence-electron chi connectivity index (χ4n) is 2.60. The van der Waals surface area contributed by atoms with E-state index in [0.717, 1.165) is 40.4 Å². The van der Waals surface area contributed by atoms with E-state index in [0.29, 0.717) is 23.2 Å². The number of ether oxygens (including phenoxy) is 1. The highest BCUT2D eigenvalue weighted by atomic mass is 79.9. The molecular formula is C15H17BrN2O2S. The predicted octanol–water partition coefficient (Wildman–Crippen LogP) is 3.54. The van der Waals surface area contributed by atoms with Gasteiger partial charge in [0.15, 0.2) is 0 Å². The summed E-state index contributed by atoms with van der Waals surface area (Å²) in [6, 6.07) is 5.86. The first kappa shape index (κ1) is 14.8. The van der Waals surface area contributed by atoms with Crippen molar-refractivity contribution >= 4 is 48.9 Å². The van der Waals surface area contributed by atoms with E-state index in [9.17, 15) is 4.79 Å². The molecule has 3 N–H and O–H groups in total. The number of nitrogens with two attached hydrogens (primary N) is 1. The molecule has 21 heavy (non-hydrogen) atoms. The number of nitrogen functional groups attached to an aromatic ring is 1. The first-order valence-corrected chi connectivity index (χ1v) is 8.64. The first-order valence-electron chi connectivity index (χ1n) is 7.03. The molecule has 1 aromatic carbocycles. The Morgan fingerprint density at radius 2 is 2.38 bits per heavy atom. The number of hydrogen-bond acceptors (Lipinski definition) is 4. The van der Waals surface area contributed by atoms with Gasteiger partial charge in [-0.3, -0.25) is 4.79 Å². The number of carbonyl (C=O) groups excluding carboxylic acids is 1. The van der Waals surface area contributed by atoms with Crippen LogP contribution in [0.2, 0.25) is 0 Å². The summed E-state index contributed by atoms with van der Waals surface area (Å²) in [6.45, 7) is 1.47. The smallest absolute Gasteiger partial charge is 0.263 e. The van der Waals surface area contributed by atoms with Crippen molar-refractivity contribution in [2.45, 2.75) is 25.4 Å². The van der Waals surface area contributed by atoms with E-state index in [1.165, 1.54) is 11.3 Å². The molecule has 1 aromatic heterocycles. The summed E-state index contributed by atoms with van der Waals surface area (Å²) in [4.78, 5) is 12.9. The number of rotatable bonds is 4. The minimum Gasteiger partial charge on any atom is -0.397 e. The molecule has 4 nitrogen and oxygen atoms in total. The molecular weight excluding hydrogens is 352 g/mol. The lowest BCUT2D eigenvalue weighted by atomic mass is 10.2. The molecule has 1 unspecified atom stereocenters. The summed E-state index contributed by atoms with van der Waals surface area (Å²) < 4.78 is 7.49. The van der Waals surface area contributed by atoms with Gasteiger partial charge in [-0.05, 0) is 31.4 Å². The van der Waals surface area contributed by atoms with E-state index in [1.807, 2.05) is 18.2 Å². The lowest BCUT2D eigenvalue weighted by molar-refractivity contribution is 0.0911. The van der Waals surface area contributed by atoms with Gasteiger partial charge in [0.05, 0.1) is 11.8 Å². The Morgan fingerprint density at radius 3 is 3.10 bits per heavy atom. The van der Waals surface area contributed by atoms with Gasteiger partial charge in [-0.2, -0.15) is 0 Å². The normalized spacial score (nSPS) is 18.2. The topological polar surface area (TPSA) is 64.4 Å². The quantitative estimate of drug-likeness (QED) is 0.867. The van der Waals surface area contributed by atoms with Gasteiger partial charge in [0.1, 0.15) is 4.88 Å². The van der Waals surface area contributed by atoms with Gasteiger partial charge in [-0.25, -0.2) is 0 Å². The SMILES string of the molecule is Nc1c(C(=O)NCCC2CCCO2)sc2cccc(Br)c12. The van der Waals surface area contributed by atoms with Crippen LogP contribution in [0, 0.1) is 0 Å². The number of fused-ring (bicyclic) bond motifs is 1. The zero-order chi connectivity index (χ0) is 14.8. The van der Waals surface area contributed by atoms with Crippen LogP contribution in [0.25, 0.3) is 10.1 Å².